The first-order chi connectivity index (χ1) is 9.61. The van der Waals surface area contributed by atoms with E-state index in [2.05, 4.69) is 9.82 Å². The van der Waals surface area contributed by atoms with Gasteiger partial charge in [0.15, 0.2) is 0 Å². The van der Waals surface area contributed by atoms with Gasteiger partial charge in [0.2, 0.25) is 0 Å². The SMILES string of the molecule is Cn1nc(C(C)(C)C)cc1NS(=O)(=O)c1ccccc1Cl. The molecule has 21 heavy (non-hydrogen) atoms. The van der Waals surface area contributed by atoms with Crippen molar-refractivity contribution in [1.82, 2.24) is 9.78 Å². The second kappa shape index (κ2) is 5.35. The Bertz CT molecular complexity index is 761. The van der Waals surface area contributed by atoms with Crippen LogP contribution in [0.25, 0.3) is 0 Å². The third-order valence-electron chi connectivity index (χ3n) is 3.01. The molecule has 0 saturated heterocycles. The van der Waals surface area contributed by atoms with Crippen molar-refractivity contribution in [2.45, 2.75) is 31.1 Å². The molecule has 0 aliphatic carbocycles. The first kappa shape index (κ1) is 15.9. The highest BCUT2D eigenvalue weighted by Gasteiger charge is 2.23. The van der Waals surface area contributed by atoms with Crippen molar-refractivity contribution in [2.75, 3.05) is 4.72 Å². The standard InChI is InChI=1S/C14H18ClN3O2S/c1-14(2,3)12-9-13(18(4)16-12)17-21(19,20)11-8-6-5-7-10(11)15/h5-9,17H,1-4H3. The predicted molar refractivity (Wildman–Crippen MR) is 84.2 cm³/mol. The van der Waals surface area contributed by atoms with Gasteiger partial charge < -0.3 is 0 Å². The van der Waals surface area contributed by atoms with E-state index in [4.69, 9.17) is 11.6 Å². The minimum Gasteiger partial charge on any atom is -0.264 e. The van der Waals surface area contributed by atoms with Crippen molar-refractivity contribution in [2.24, 2.45) is 7.05 Å². The molecule has 1 aromatic carbocycles. The summed E-state index contributed by atoms with van der Waals surface area (Å²) in [5.74, 6) is 0.403. The maximum absolute atomic E-state index is 12.4. The van der Waals surface area contributed by atoms with Crippen LogP contribution >= 0.6 is 11.6 Å². The zero-order valence-corrected chi connectivity index (χ0v) is 14.0. The summed E-state index contributed by atoms with van der Waals surface area (Å²) < 4.78 is 28.8. The van der Waals surface area contributed by atoms with E-state index in [1.54, 1.807) is 31.3 Å². The van der Waals surface area contributed by atoms with E-state index >= 15 is 0 Å². The first-order valence-electron chi connectivity index (χ1n) is 6.43. The van der Waals surface area contributed by atoms with Crippen LogP contribution in [0.5, 0.6) is 0 Å². The topological polar surface area (TPSA) is 64.0 Å². The summed E-state index contributed by atoms with van der Waals surface area (Å²) >= 11 is 5.95. The predicted octanol–water partition coefficient (Wildman–Crippen LogP) is 3.17. The number of sulfonamides is 1. The number of benzene rings is 1. The summed E-state index contributed by atoms with van der Waals surface area (Å²) in [6.45, 7) is 6.05. The van der Waals surface area contributed by atoms with Crippen LogP contribution in [-0.2, 0) is 22.5 Å². The van der Waals surface area contributed by atoms with Gasteiger partial charge in [0.05, 0.1) is 10.7 Å². The lowest BCUT2D eigenvalue weighted by Crippen LogP contribution is -2.15. The molecule has 7 heteroatoms. The molecule has 2 rings (SSSR count). The lowest BCUT2D eigenvalue weighted by atomic mass is 9.92. The normalized spacial score (nSPS) is 12.4. The minimum atomic E-state index is -3.74. The maximum atomic E-state index is 12.4. The summed E-state index contributed by atoms with van der Waals surface area (Å²) in [6.07, 6.45) is 0. The Labute approximate surface area is 130 Å². The molecule has 0 fully saturated rings. The number of nitrogens with zero attached hydrogens (tertiary/aromatic N) is 2. The summed E-state index contributed by atoms with van der Waals surface area (Å²) in [5.41, 5.74) is 0.646. The van der Waals surface area contributed by atoms with Gasteiger partial charge in [-0.2, -0.15) is 5.10 Å². The Morgan fingerprint density at radius 3 is 2.38 bits per heavy atom. The molecule has 0 spiro atoms. The van der Waals surface area contributed by atoms with Crippen LogP contribution < -0.4 is 4.72 Å². The first-order valence-corrected chi connectivity index (χ1v) is 8.29. The molecule has 0 amide bonds. The number of rotatable bonds is 3. The number of nitrogens with one attached hydrogen (secondary N) is 1. The zero-order valence-electron chi connectivity index (χ0n) is 12.4. The Morgan fingerprint density at radius 2 is 1.86 bits per heavy atom. The summed E-state index contributed by atoms with van der Waals surface area (Å²) in [5, 5.41) is 4.52. The fourth-order valence-electron chi connectivity index (χ4n) is 1.78. The monoisotopic (exact) mass is 327 g/mol. The second-order valence-corrected chi connectivity index (χ2v) is 7.88. The molecule has 5 nitrogen and oxygen atoms in total. The molecule has 0 aliphatic heterocycles. The van der Waals surface area contributed by atoms with E-state index in [1.165, 1.54) is 10.7 Å². The van der Waals surface area contributed by atoms with Gasteiger partial charge in [-0.15, -0.1) is 0 Å². The van der Waals surface area contributed by atoms with Gasteiger partial charge in [0.25, 0.3) is 10.0 Å². The van der Waals surface area contributed by atoms with Crippen LogP contribution in [0.15, 0.2) is 35.2 Å². The van der Waals surface area contributed by atoms with Crippen molar-refractivity contribution in [1.29, 1.82) is 0 Å². The Hall–Kier alpha value is -1.53. The third-order valence-corrected chi connectivity index (χ3v) is 4.87. The molecule has 1 N–H and O–H groups in total. The van der Waals surface area contributed by atoms with Crippen LogP contribution in [0.1, 0.15) is 26.5 Å². The highest BCUT2D eigenvalue weighted by Crippen LogP contribution is 2.26. The van der Waals surface area contributed by atoms with Crippen LogP contribution in [0.4, 0.5) is 5.82 Å². The number of halogens is 1. The van der Waals surface area contributed by atoms with Crippen molar-refractivity contribution in [3.8, 4) is 0 Å². The summed E-state index contributed by atoms with van der Waals surface area (Å²) in [6, 6.07) is 8.05. The Balaban J connectivity index is 2.38. The van der Waals surface area contributed by atoms with E-state index in [-0.39, 0.29) is 15.3 Å². The minimum absolute atomic E-state index is 0.0465. The molecule has 0 unspecified atom stereocenters. The molecular weight excluding hydrogens is 310 g/mol. The molecule has 0 aliphatic rings. The lowest BCUT2D eigenvalue weighted by Gasteiger charge is -2.13. The van der Waals surface area contributed by atoms with E-state index in [9.17, 15) is 8.42 Å². The van der Waals surface area contributed by atoms with Gasteiger partial charge in [0, 0.05) is 18.5 Å². The number of hydrogen-bond acceptors (Lipinski definition) is 3. The fraction of sp³-hybridized carbons (Fsp3) is 0.357. The van der Waals surface area contributed by atoms with Gasteiger partial charge >= 0.3 is 0 Å². The average Bonchev–Trinajstić information content (AvgIpc) is 2.70. The molecule has 0 bridgehead atoms. The molecule has 1 heterocycles. The van der Waals surface area contributed by atoms with Crippen LogP contribution in [0.2, 0.25) is 5.02 Å². The Kier molecular flexibility index (Phi) is 4.04. The largest absolute Gasteiger partial charge is 0.264 e. The van der Waals surface area contributed by atoms with Crippen LogP contribution in [-0.4, -0.2) is 18.2 Å². The van der Waals surface area contributed by atoms with Crippen molar-refractivity contribution >= 4 is 27.4 Å². The van der Waals surface area contributed by atoms with Crippen molar-refractivity contribution in [3.63, 3.8) is 0 Å². The Morgan fingerprint density at radius 1 is 1.24 bits per heavy atom. The summed E-state index contributed by atoms with van der Waals surface area (Å²) in [7, 11) is -2.05. The number of aryl methyl sites for hydroxylation is 1. The number of aromatic nitrogens is 2. The summed E-state index contributed by atoms with van der Waals surface area (Å²) in [4.78, 5) is 0.0465. The van der Waals surface area contributed by atoms with Gasteiger partial charge in [-0.3, -0.25) is 9.40 Å². The zero-order chi connectivity index (χ0) is 15.8. The fourth-order valence-corrected chi connectivity index (χ4v) is 3.38. The van der Waals surface area contributed by atoms with Gasteiger partial charge in [-0.25, -0.2) is 8.42 Å². The van der Waals surface area contributed by atoms with Crippen molar-refractivity contribution < 1.29 is 8.42 Å². The lowest BCUT2D eigenvalue weighted by molar-refractivity contribution is 0.553. The van der Waals surface area contributed by atoms with Crippen LogP contribution in [0, 0.1) is 0 Å². The van der Waals surface area contributed by atoms with E-state index in [1.807, 2.05) is 20.8 Å². The maximum Gasteiger partial charge on any atom is 0.264 e. The number of hydrogen-bond donors (Lipinski definition) is 1. The molecule has 114 valence electrons. The van der Waals surface area contributed by atoms with Gasteiger partial charge in [0.1, 0.15) is 10.7 Å². The number of anilines is 1. The van der Waals surface area contributed by atoms with Gasteiger partial charge in [-0.1, -0.05) is 44.5 Å². The second-order valence-electron chi connectivity index (χ2n) is 5.82. The highest BCUT2D eigenvalue weighted by atomic mass is 35.5. The highest BCUT2D eigenvalue weighted by molar-refractivity contribution is 7.92. The molecule has 0 radical (unpaired) electrons. The van der Waals surface area contributed by atoms with Gasteiger partial charge in [-0.05, 0) is 12.1 Å². The average molecular weight is 328 g/mol. The van der Waals surface area contributed by atoms with Crippen molar-refractivity contribution in [3.05, 3.63) is 41.0 Å². The quantitative estimate of drug-likeness (QED) is 0.941. The molecule has 0 saturated carbocycles. The van der Waals surface area contributed by atoms with E-state index in [0.717, 1.165) is 5.69 Å². The molecule has 0 atom stereocenters. The van der Waals surface area contributed by atoms with Crippen LogP contribution in [0.3, 0.4) is 0 Å². The van der Waals surface area contributed by atoms with E-state index in [0.29, 0.717) is 5.82 Å². The van der Waals surface area contributed by atoms with E-state index < -0.39 is 10.0 Å². The third kappa shape index (κ3) is 3.39. The molecule has 1 aromatic heterocycles. The molecule has 2 aromatic rings. The molecular formula is C14H18ClN3O2S. The smallest absolute Gasteiger partial charge is 0.264 e.